The molecule has 0 atom stereocenters. The molecule has 0 bridgehead atoms. The lowest BCUT2D eigenvalue weighted by Crippen LogP contribution is -2.31. The van der Waals surface area contributed by atoms with Gasteiger partial charge in [0.2, 0.25) is 0 Å². The van der Waals surface area contributed by atoms with Crippen LogP contribution in [-0.2, 0) is 4.74 Å². The summed E-state index contributed by atoms with van der Waals surface area (Å²) in [6.07, 6.45) is 11.0. The molecule has 2 rings (SSSR count). The van der Waals surface area contributed by atoms with Crippen molar-refractivity contribution in [3.8, 4) is 11.8 Å². The lowest BCUT2D eigenvalue weighted by atomic mass is 9.71. The summed E-state index contributed by atoms with van der Waals surface area (Å²) in [6, 6.07) is 9.75. The second-order valence-corrected chi connectivity index (χ2v) is 8.03. The van der Waals surface area contributed by atoms with E-state index in [1.54, 1.807) is 12.1 Å². The molecule has 1 fully saturated rings. The second-order valence-electron chi connectivity index (χ2n) is 8.03. The Labute approximate surface area is 170 Å². The van der Waals surface area contributed by atoms with Crippen LogP contribution in [0.1, 0.15) is 94.8 Å². The maximum absolute atomic E-state index is 12.4. The van der Waals surface area contributed by atoms with Gasteiger partial charge in [-0.05, 0) is 62.8 Å². The molecular formula is C24H35NO3. The van der Waals surface area contributed by atoms with Crippen LogP contribution in [0.5, 0.6) is 5.75 Å². The number of hydrogen-bond donors (Lipinski definition) is 0. The Morgan fingerprint density at radius 3 is 2.36 bits per heavy atom. The van der Waals surface area contributed by atoms with Gasteiger partial charge >= 0.3 is 5.97 Å². The van der Waals surface area contributed by atoms with Crippen molar-refractivity contribution in [2.75, 3.05) is 6.61 Å². The first kappa shape index (κ1) is 22.3. The minimum atomic E-state index is -0.280. The summed E-state index contributed by atoms with van der Waals surface area (Å²) in [6.45, 7) is 5.02. The number of nitriles is 1. The molecule has 28 heavy (non-hydrogen) atoms. The highest BCUT2D eigenvalue weighted by atomic mass is 16.5. The molecule has 0 aliphatic heterocycles. The lowest BCUT2D eigenvalue weighted by Gasteiger charge is -2.34. The molecule has 0 saturated heterocycles. The third-order valence-electron chi connectivity index (χ3n) is 5.77. The number of nitrogens with zero attached hydrogens (tertiary/aromatic N) is 1. The Morgan fingerprint density at radius 1 is 1.07 bits per heavy atom. The predicted molar refractivity (Wildman–Crippen MR) is 111 cm³/mol. The highest BCUT2D eigenvalue weighted by molar-refractivity contribution is 5.89. The van der Waals surface area contributed by atoms with Gasteiger partial charge in [0.05, 0.1) is 23.7 Å². The van der Waals surface area contributed by atoms with Crippen LogP contribution in [0.4, 0.5) is 0 Å². The van der Waals surface area contributed by atoms with Gasteiger partial charge < -0.3 is 9.47 Å². The van der Waals surface area contributed by atoms with Crippen molar-refractivity contribution < 1.29 is 14.3 Å². The molecule has 1 aromatic rings. The lowest BCUT2D eigenvalue weighted by molar-refractivity contribution is 0.0105. The molecule has 0 radical (unpaired) electrons. The van der Waals surface area contributed by atoms with Crippen molar-refractivity contribution in [3.05, 3.63) is 29.8 Å². The average Bonchev–Trinajstić information content (AvgIpc) is 2.73. The van der Waals surface area contributed by atoms with Gasteiger partial charge in [-0.15, -0.1) is 0 Å². The van der Waals surface area contributed by atoms with Crippen molar-refractivity contribution in [1.82, 2.24) is 0 Å². The van der Waals surface area contributed by atoms with Crippen molar-refractivity contribution >= 4 is 5.97 Å². The zero-order valence-electron chi connectivity index (χ0n) is 17.5. The van der Waals surface area contributed by atoms with E-state index in [0.717, 1.165) is 57.1 Å². The van der Waals surface area contributed by atoms with Crippen LogP contribution in [0, 0.1) is 16.7 Å². The highest BCUT2D eigenvalue weighted by Gasteiger charge is 2.36. The van der Waals surface area contributed by atoms with Gasteiger partial charge in [0.1, 0.15) is 11.9 Å². The van der Waals surface area contributed by atoms with E-state index in [0.29, 0.717) is 12.2 Å². The molecule has 0 amide bonds. The van der Waals surface area contributed by atoms with E-state index in [-0.39, 0.29) is 17.5 Å². The monoisotopic (exact) mass is 385 g/mol. The SMILES string of the molecule is CCCCCC[C@]1(C#N)CC[C@H](OC(=O)c2ccc(OCCCC)cc2)CC1. The Bertz CT molecular complexity index is 624. The largest absolute Gasteiger partial charge is 0.494 e. The molecule has 1 aliphatic carbocycles. The zero-order chi connectivity index (χ0) is 20.2. The van der Waals surface area contributed by atoms with Gasteiger partial charge in [-0.2, -0.15) is 5.26 Å². The Balaban J connectivity index is 1.78. The van der Waals surface area contributed by atoms with Crippen LogP contribution in [0.15, 0.2) is 24.3 Å². The first-order valence-corrected chi connectivity index (χ1v) is 11.0. The Hall–Kier alpha value is -2.02. The normalized spacial score (nSPS) is 21.7. The van der Waals surface area contributed by atoms with Gasteiger partial charge in [0.15, 0.2) is 0 Å². The second kappa shape index (κ2) is 11.7. The number of hydrogen-bond acceptors (Lipinski definition) is 4. The fraction of sp³-hybridized carbons (Fsp3) is 0.667. The summed E-state index contributed by atoms with van der Waals surface area (Å²) in [5.41, 5.74) is 0.341. The first-order valence-electron chi connectivity index (χ1n) is 11.0. The summed E-state index contributed by atoms with van der Waals surface area (Å²) in [4.78, 5) is 12.4. The Kier molecular flexibility index (Phi) is 9.34. The number of benzene rings is 1. The van der Waals surface area contributed by atoms with E-state index in [4.69, 9.17) is 9.47 Å². The van der Waals surface area contributed by atoms with Crippen LogP contribution in [0.3, 0.4) is 0 Å². The standard InChI is InChI=1S/C24H35NO3/c1-3-5-7-8-15-24(19-25)16-13-22(14-17-24)28-23(26)20-9-11-21(12-10-20)27-18-6-4-2/h9-12,22H,3-8,13-18H2,1-2H3/t22-,24-. The molecule has 0 aromatic heterocycles. The van der Waals surface area contributed by atoms with Gasteiger partial charge in [-0.25, -0.2) is 4.79 Å². The number of ether oxygens (including phenoxy) is 2. The number of carbonyl (C=O) groups excluding carboxylic acids is 1. The fourth-order valence-electron chi connectivity index (χ4n) is 3.81. The summed E-state index contributed by atoms with van der Waals surface area (Å²) in [7, 11) is 0. The van der Waals surface area contributed by atoms with Gasteiger partial charge in [0, 0.05) is 0 Å². The molecule has 1 saturated carbocycles. The number of rotatable bonds is 11. The van der Waals surface area contributed by atoms with E-state index in [1.807, 2.05) is 12.1 Å². The van der Waals surface area contributed by atoms with Gasteiger partial charge in [0.25, 0.3) is 0 Å². The summed E-state index contributed by atoms with van der Waals surface area (Å²) < 4.78 is 11.3. The maximum atomic E-state index is 12.4. The summed E-state index contributed by atoms with van der Waals surface area (Å²) in [5, 5.41) is 9.68. The van der Waals surface area contributed by atoms with E-state index in [1.165, 1.54) is 19.3 Å². The van der Waals surface area contributed by atoms with E-state index in [2.05, 4.69) is 19.9 Å². The third kappa shape index (κ3) is 6.86. The topological polar surface area (TPSA) is 59.3 Å². The van der Waals surface area contributed by atoms with Crippen molar-refractivity contribution in [1.29, 1.82) is 5.26 Å². The van der Waals surface area contributed by atoms with Crippen molar-refractivity contribution in [2.45, 2.75) is 90.6 Å². The molecule has 1 aromatic carbocycles. The van der Waals surface area contributed by atoms with Crippen LogP contribution in [0.2, 0.25) is 0 Å². The van der Waals surface area contributed by atoms with Gasteiger partial charge in [-0.3, -0.25) is 0 Å². The van der Waals surface area contributed by atoms with Crippen LogP contribution >= 0.6 is 0 Å². The van der Waals surface area contributed by atoms with Crippen LogP contribution < -0.4 is 4.74 Å². The van der Waals surface area contributed by atoms with Crippen molar-refractivity contribution in [2.24, 2.45) is 5.41 Å². The van der Waals surface area contributed by atoms with Gasteiger partial charge in [-0.1, -0.05) is 46.0 Å². The quantitative estimate of drug-likeness (QED) is 0.324. The molecule has 0 unspecified atom stereocenters. The molecule has 4 nitrogen and oxygen atoms in total. The molecule has 0 heterocycles. The smallest absolute Gasteiger partial charge is 0.338 e. The zero-order valence-corrected chi connectivity index (χ0v) is 17.5. The molecule has 154 valence electrons. The predicted octanol–water partition coefficient (Wildman–Crippen LogP) is 6.45. The molecule has 1 aliphatic rings. The third-order valence-corrected chi connectivity index (χ3v) is 5.77. The fourth-order valence-corrected chi connectivity index (χ4v) is 3.81. The average molecular weight is 386 g/mol. The number of unbranched alkanes of at least 4 members (excludes halogenated alkanes) is 4. The van der Waals surface area contributed by atoms with Crippen molar-refractivity contribution in [3.63, 3.8) is 0 Å². The first-order chi connectivity index (χ1) is 13.6. The van der Waals surface area contributed by atoms with E-state index < -0.39 is 0 Å². The Morgan fingerprint density at radius 2 is 1.75 bits per heavy atom. The van der Waals surface area contributed by atoms with Crippen LogP contribution in [0.25, 0.3) is 0 Å². The van der Waals surface area contributed by atoms with E-state index in [9.17, 15) is 10.1 Å². The van der Waals surface area contributed by atoms with Crippen LogP contribution in [-0.4, -0.2) is 18.7 Å². The maximum Gasteiger partial charge on any atom is 0.338 e. The number of carbonyl (C=O) groups is 1. The molecule has 0 spiro atoms. The molecular weight excluding hydrogens is 350 g/mol. The number of esters is 1. The minimum Gasteiger partial charge on any atom is -0.494 e. The summed E-state index contributed by atoms with van der Waals surface area (Å²) in [5.74, 6) is 0.502. The molecule has 0 N–H and O–H groups in total. The minimum absolute atomic E-state index is 0.0786. The van der Waals surface area contributed by atoms with E-state index >= 15 is 0 Å². The highest BCUT2D eigenvalue weighted by Crippen LogP contribution is 2.41. The molecule has 4 heteroatoms. The summed E-state index contributed by atoms with van der Waals surface area (Å²) >= 11 is 0.